The molecule has 1 heterocycles. The number of ether oxygens (including phenoxy) is 1. The van der Waals surface area contributed by atoms with Crippen molar-refractivity contribution >= 4 is 22.9 Å². The second-order valence-electron chi connectivity index (χ2n) is 5.19. The van der Waals surface area contributed by atoms with E-state index in [1.165, 1.54) is 13.2 Å². The molecule has 0 atom stereocenters. The summed E-state index contributed by atoms with van der Waals surface area (Å²) in [6.07, 6.45) is -0.214. The lowest BCUT2D eigenvalue weighted by Gasteiger charge is -2.04. The van der Waals surface area contributed by atoms with Gasteiger partial charge in [-0.2, -0.15) is 0 Å². The Labute approximate surface area is 148 Å². The van der Waals surface area contributed by atoms with Crippen LogP contribution in [-0.2, 0) is 11.2 Å². The van der Waals surface area contributed by atoms with Crippen LogP contribution in [-0.4, -0.2) is 29.3 Å². The quantitative estimate of drug-likeness (QED) is 0.691. The van der Waals surface area contributed by atoms with Gasteiger partial charge in [0.05, 0.1) is 19.1 Å². The van der Waals surface area contributed by atoms with Crippen molar-refractivity contribution in [1.82, 2.24) is 0 Å². The van der Waals surface area contributed by atoms with Crippen molar-refractivity contribution in [2.24, 2.45) is 0 Å². The fraction of sp³-hybridized carbons (Fsp3) is 0.105. The molecule has 0 fully saturated rings. The van der Waals surface area contributed by atoms with Crippen LogP contribution in [0.15, 0.2) is 63.8 Å². The molecule has 1 aromatic heterocycles. The minimum absolute atomic E-state index is 0.214. The number of carboxylic acids is 2. The molecule has 2 aromatic carbocycles. The molecule has 0 unspecified atom stereocenters. The second kappa shape index (κ2) is 8.48. The van der Waals surface area contributed by atoms with Crippen LogP contribution < -0.4 is 10.4 Å². The standard InChI is InChI=1S/C12H10O5.C7H6O2/c1-16-8-2-3-9-7(4-11(13)14)5-12(15)17-10(9)6-8;8-7(9)6-4-2-1-3-5-6/h2-3,5-6H,4H2,1H3,(H,13,14);1-5H,(H,8,9). The summed E-state index contributed by atoms with van der Waals surface area (Å²) >= 11 is 0. The number of carboxylic acid groups (broad SMARTS) is 2. The SMILES string of the molecule is COc1ccc2c(CC(=O)O)cc(=O)oc2c1.O=C(O)c1ccccc1. The minimum atomic E-state index is -0.993. The highest BCUT2D eigenvalue weighted by molar-refractivity contribution is 5.87. The van der Waals surface area contributed by atoms with E-state index in [2.05, 4.69) is 0 Å². The summed E-state index contributed by atoms with van der Waals surface area (Å²) in [5, 5.41) is 17.7. The average molecular weight is 356 g/mol. The normalized spacial score (nSPS) is 9.88. The number of carbonyl (C=O) groups is 2. The third-order valence-corrected chi connectivity index (χ3v) is 3.40. The van der Waals surface area contributed by atoms with E-state index >= 15 is 0 Å². The number of aromatic carboxylic acids is 1. The molecule has 0 saturated carbocycles. The summed E-state index contributed by atoms with van der Waals surface area (Å²) in [6, 6.07) is 14.4. The lowest BCUT2D eigenvalue weighted by Crippen LogP contribution is -2.06. The molecule has 0 spiro atoms. The van der Waals surface area contributed by atoms with Gasteiger partial charge in [-0.05, 0) is 29.8 Å². The molecule has 0 aliphatic heterocycles. The maximum Gasteiger partial charge on any atom is 0.336 e. The van der Waals surface area contributed by atoms with Crippen LogP contribution in [0.25, 0.3) is 11.0 Å². The van der Waals surface area contributed by atoms with Gasteiger partial charge in [-0.15, -0.1) is 0 Å². The van der Waals surface area contributed by atoms with Gasteiger partial charge in [-0.25, -0.2) is 9.59 Å². The van der Waals surface area contributed by atoms with E-state index in [1.54, 1.807) is 48.5 Å². The highest BCUT2D eigenvalue weighted by atomic mass is 16.5. The lowest BCUT2D eigenvalue weighted by molar-refractivity contribution is -0.136. The van der Waals surface area contributed by atoms with Gasteiger partial charge in [0.15, 0.2) is 0 Å². The summed E-state index contributed by atoms with van der Waals surface area (Å²) in [7, 11) is 1.50. The van der Waals surface area contributed by atoms with Crippen LogP contribution >= 0.6 is 0 Å². The molecule has 0 aliphatic carbocycles. The first kappa shape index (κ1) is 18.7. The Morgan fingerprint density at radius 1 is 1.04 bits per heavy atom. The molecule has 3 rings (SSSR count). The van der Waals surface area contributed by atoms with Crippen LogP contribution in [0.2, 0.25) is 0 Å². The van der Waals surface area contributed by atoms with Crippen molar-refractivity contribution in [2.75, 3.05) is 7.11 Å². The molecular formula is C19H16O7. The molecule has 134 valence electrons. The Hall–Kier alpha value is -3.61. The molecule has 7 heteroatoms. The zero-order chi connectivity index (χ0) is 19.1. The number of aliphatic carboxylic acids is 1. The fourth-order valence-electron chi connectivity index (χ4n) is 2.23. The van der Waals surface area contributed by atoms with Gasteiger partial charge in [0, 0.05) is 17.5 Å². The van der Waals surface area contributed by atoms with E-state index in [4.69, 9.17) is 19.4 Å². The molecule has 2 N–H and O–H groups in total. The highest BCUT2D eigenvalue weighted by Crippen LogP contribution is 2.22. The van der Waals surface area contributed by atoms with Crippen molar-refractivity contribution in [2.45, 2.75) is 6.42 Å². The van der Waals surface area contributed by atoms with Crippen molar-refractivity contribution in [3.63, 3.8) is 0 Å². The number of rotatable bonds is 4. The second-order valence-corrected chi connectivity index (χ2v) is 5.19. The number of methoxy groups -OCH3 is 1. The van der Waals surface area contributed by atoms with Crippen molar-refractivity contribution in [3.05, 3.63) is 76.1 Å². The zero-order valence-electron chi connectivity index (χ0n) is 13.8. The first-order valence-corrected chi connectivity index (χ1v) is 7.51. The van der Waals surface area contributed by atoms with Gasteiger partial charge in [-0.3, -0.25) is 4.79 Å². The molecule has 0 aliphatic rings. The Kier molecular flexibility index (Phi) is 6.10. The van der Waals surface area contributed by atoms with Gasteiger partial charge in [0.25, 0.3) is 0 Å². The Balaban J connectivity index is 0.000000228. The third-order valence-electron chi connectivity index (χ3n) is 3.40. The maximum atomic E-state index is 11.3. The van der Waals surface area contributed by atoms with Gasteiger partial charge < -0.3 is 19.4 Å². The van der Waals surface area contributed by atoms with Crippen LogP contribution in [0, 0.1) is 0 Å². The van der Waals surface area contributed by atoms with Gasteiger partial charge in [0.1, 0.15) is 11.3 Å². The maximum absolute atomic E-state index is 11.3. The predicted octanol–water partition coefficient (Wildman–Crippen LogP) is 2.81. The van der Waals surface area contributed by atoms with E-state index in [-0.39, 0.29) is 6.42 Å². The van der Waals surface area contributed by atoms with Crippen molar-refractivity contribution in [1.29, 1.82) is 0 Å². The fourth-order valence-corrected chi connectivity index (χ4v) is 2.23. The molecule has 0 bridgehead atoms. The summed E-state index contributed by atoms with van der Waals surface area (Å²) in [5.41, 5.74) is 0.527. The van der Waals surface area contributed by atoms with Crippen molar-refractivity contribution in [3.8, 4) is 5.75 Å². The molecule has 26 heavy (non-hydrogen) atoms. The Bertz CT molecular complexity index is 974. The van der Waals surface area contributed by atoms with E-state index < -0.39 is 17.6 Å². The van der Waals surface area contributed by atoms with Crippen molar-refractivity contribution < 1.29 is 29.0 Å². The molecule has 7 nitrogen and oxygen atoms in total. The van der Waals surface area contributed by atoms with Crippen LogP contribution in [0.3, 0.4) is 0 Å². The monoisotopic (exact) mass is 356 g/mol. The van der Waals surface area contributed by atoms with E-state index in [0.717, 1.165) is 0 Å². The van der Waals surface area contributed by atoms with E-state index in [1.807, 2.05) is 0 Å². The van der Waals surface area contributed by atoms with Gasteiger partial charge in [-0.1, -0.05) is 18.2 Å². The van der Waals surface area contributed by atoms with Gasteiger partial charge in [0.2, 0.25) is 0 Å². The minimum Gasteiger partial charge on any atom is -0.497 e. The van der Waals surface area contributed by atoms with Crippen LogP contribution in [0.1, 0.15) is 15.9 Å². The average Bonchev–Trinajstić information content (AvgIpc) is 2.61. The number of fused-ring (bicyclic) bond motifs is 1. The molecule has 3 aromatic rings. The highest BCUT2D eigenvalue weighted by Gasteiger charge is 2.09. The Morgan fingerprint density at radius 2 is 1.73 bits per heavy atom. The molecule has 0 saturated heterocycles. The third kappa shape index (κ3) is 4.94. The van der Waals surface area contributed by atoms with Gasteiger partial charge >= 0.3 is 17.6 Å². The summed E-state index contributed by atoms with van der Waals surface area (Å²) in [6.45, 7) is 0. The predicted molar refractivity (Wildman–Crippen MR) is 93.8 cm³/mol. The largest absolute Gasteiger partial charge is 0.497 e. The first-order chi connectivity index (χ1) is 12.4. The topological polar surface area (TPSA) is 114 Å². The molecule has 0 amide bonds. The van der Waals surface area contributed by atoms with E-state index in [0.29, 0.717) is 27.8 Å². The molecular weight excluding hydrogens is 340 g/mol. The zero-order valence-corrected chi connectivity index (χ0v) is 13.8. The lowest BCUT2D eigenvalue weighted by atomic mass is 10.1. The smallest absolute Gasteiger partial charge is 0.336 e. The summed E-state index contributed by atoms with van der Waals surface area (Å²) in [4.78, 5) is 32.2. The number of hydrogen-bond donors (Lipinski definition) is 2. The first-order valence-electron chi connectivity index (χ1n) is 7.51. The van der Waals surface area contributed by atoms with E-state index in [9.17, 15) is 14.4 Å². The number of hydrogen-bond acceptors (Lipinski definition) is 5. The van der Waals surface area contributed by atoms with Crippen LogP contribution in [0.4, 0.5) is 0 Å². The molecule has 0 radical (unpaired) electrons. The Morgan fingerprint density at radius 3 is 2.27 bits per heavy atom. The summed E-state index contributed by atoms with van der Waals surface area (Å²) < 4.78 is 10.0. The number of benzene rings is 2. The van der Waals surface area contributed by atoms with Crippen LogP contribution in [0.5, 0.6) is 5.75 Å². The summed E-state index contributed by atoms with van der Waals surface area (Å²) in [5.74, 6) is -1.32.